The summed E-state index contributed by atoms with van der Waals surface area (Å²) in [5.41, 5.74) is 6.21. The molecule has 0 aromatic heterocycles. The lowest BCUT2D eigenvalue weighted by Crippen LogP contribution is -2.38. The summed E-state index contributed by atoms with van der Waals surface area (Å²) in [6.07, 6.45) is 2.73. The first kappa shape index (κ1) is 11.6. The SMILES string of the molecule is NCCC1(c2ccccc2F)CCCOC1. The van der Waals surface area contributed by atoms with E-state index in [2.05, 4.69) is 0 Å². The summed E-state index contributed by atoms with van der Waals surface area (Å²) in [6, 6.07) is 6.98. The van der Waals surface area contributed by atoms with Crippen LogP contribution in [-0.2, 0) is 10.2 Å². The molecule has 0 radical (unpaired) electrons. The maximum atomic E-state index is 13.8. The van der Waals surface area contributed by atoms with Gasteiger partial charge >= 0.3 is 0 Å². The van der Waals surface area contributed by atoms with Crippen LogP contribution in [0, 0.1) is 5.82 Å². The van der Waals surface area contributed by atoms with Gasteiger partial charge in [-0.05, 0) is 37.4 Å². The highest BCUT2D eigenvalue weighted by Gasteiger charge is 2.35. The molecule has 1 heterocycles. The van der Waals surface area contributed by atoms with Gasteiger partial charge in [0.2, 0.25) is 0 Å². The van der Waals surface area contributed by atoms with E-state index < -0.39 is 0 Å². The van der Waals surface area contributed by atoms with Crippen molar-refractivity contribution >= 4 is 0 Å². The van der Waals surface area contributed by atoms with Crippen LogP contribution in [-0.4, -0.2) is 19.8 Å². The number of ether oxygens (including phenoxy) is 1. The van der Waals surface area contributed by atoms with Gasteiger partial charge < -0.3 is 10.5 Å². The molecule has 1 fully saturated rings. The summed E-state index contributed by atoms with van der Waals surface area (Å²) in [5.74, 6) is -0.138. The number of hydrogen-bond donors (Lipinski definition) is 1. The monoisotopic (exact) mass is 223 g/mol. The molecule has 1 aliphatic heterocycles. The molecular weight excluding hydrogens is 205 g/mol. The van der Waals surface area contributed by atoms with E-state index in [1.54, 1.807) is 6.07 Å². The van der Waals surface area contributed by atoms with Crippen LogP contribution in [0.25, 0.3) is 0 Å². The Kier molecular flexibility index (Phi) is 3.56. The van der Waals surface area contributed by atoms with Gasteiger partial charge in [-0.3, -0.25) is 0 Å². The van der Waals surface area contributed by atoms with Gasteiger partial charge in [-0.25, -0.2) is 4.39 Å². The zero-order chi connectivity index (χ0) is 11.4. The lowest BCUT2D eigenvalue weighted by Gasteiger charge is -2.37. The lowest BCUT2D eigenvalue weighted by molar-refractivity contribution is 0.0297. The number of rotatable bonds is 3. The number of hydrogen-bond acceptors (Lipinski definition) is 2. The Balaban J connectivity index is 2.34. The summed E-state index contributed by atoms with van der Waals surface area (Å²) in [6.45, 7) is 1.93. The zero-order valence-electron chi connectivity index (χ0n) is 9.42. The van der Waals surface area contributed by atoms with Gasteiger partial charge in [0.1, 0.15) is 5.82 Å². The largest absolute Gasteiger partial charge is 0.381 e. The summed E-state index contributed by atoms with van der Waals surface area (Å²) in [5, 5.41) is 0. The third kappa shape index (κ3) is 2.11. The first-order valence-corrected chi connectivity index (χ1v) is 5.81. The third-order valence-corrected chi connectivity index (χ3v) is 3.39. The molecule has 0 saturated carbocycles. The lowest BCUT2D eigenvalue weighted by atomic mass is 9.73. The fourth-order valence-electron chi connectivity index (χ4n) is 2.56. The van der Waals surface area contributed by atoms with E-state index in [1.807, 2.05) is 12.1 Å². The molecule has 16 heavy (non-hydrogen) atoms. The van der Waals surface area contributed by atoms with Gasteiger partial charge in [0.15, 0.2) is 0 Å². The molecule has 3 heteroatoms. The minimum atomic E-state index is -0.210. The van der Waals surface area contributed by atoms with E-state index in [4.69, 9.17) is 10.5 Å². The molecular formula is C13H18FNO. The maximum Gasteiger partial charge on any atom is 0.127 e. The van der Waals surface area contributed by atoms with Crippen molar-refractivity contribution in [2.75, 3.05) is 19.8 Å². The van der Waals surface area contributed by atoms with Crippen molar-refractivity contribution in [2.24, 2.45) is 5.73 Å². The van der Waals surface area contributed by atoms with Gasteiger partial charge in [0, 0.05) is 12.0 Å². The molecule has 1 unspecified atom stereocenters. The van der Waals surface area contributed by atoms with E-state index in [9.17, 15) is 4.39 Å². The summed E-state index contributed by atoms with van der Waals surface area (Å²) in [7, 11) is 0. The molecule has 0 aliphatic carbocycles. The van der Waals surface area contributed by atoms with Crippen LogP contribution in [0.4, 0.5) is 4.39 Å². The van der Waals surface area contributed by atoms with E-state index in [1.165, 1.54) is 6.07 Å². The maximum absolute atomic E-state index is 13.8. The molecule has 2 rings (SSSR count). The van der Waals surface area contributed by atoms with Crippen molar-refractivity contribution in [1.29, 1.82) is 0 Å². The van der Waals surface area contributed by atoms with Crippen molar-refractivity contribution in [3.8, 4) is 0 Å². The van der Waals surface area contributed by atoms with E-state index in [-0.39, 0.29) is 11.2 Å². The molecule has 1 saturated heterocycles. The molecule has 0 bridgehead atoms. The van der Waals surface area contributed by atoms with Crippen molar-refractivity contribution in [3.05, 3.63) is 35.6 Å². The van der Waals surface area contributed by atoms with Gasteiger partial charge in [-0.1, -0.05) is 18.2 Å². The van der Waals surface area contributed by atoms with Crippen LogP contribution >= 0.6 is 0 Å². The molecule has 1 aromatic carbocycles. The predicted molar refractivity (Wildman–Crippen MR) is 61.8 cm³/mol. The van der Waals surface area contributed by atoms with E-state index in [0.29, 0.717) is 13.2 Å². The Bertz CT molecular complexity index is 342. The zero-order valence-corrected chi connectivity index (χ0v) is 9.42. The Hall–Kier alpha value is -0.930. The normalized spacial score (nSPS) is 25.6. The second kappa shape index (κ2) is 4.93. The van der Waals surface area contributed by atoms with E-state index >= 15 is 0 Å². The summed E-state index contributed by atoms with van der Waals surface area (Å²) >= 11 is 0. The Morgan fingerprint density at radius 3 is 2.81 bits per heavy atom. The topological polar surface area (TPSA) is 35.2 Å². The van der Waals surface area contributed by atoms with Gasteiger partial charge in [0.25, 0.3) is 0 Å². The van der Waals surface area contributed by atoms with Crippen molar-refractivity contribution in [3.63, 3.8) is 0 Å². The predicted octanol–water partition coefficient (Wildman–Crippen LogP) is 2.22. The fourth-order valence-corrected chi connectivity index (χ4v) is 2.56. The molecule has 0 amide bonds. The fraction of sp³-hybridized carbons (Fsp3) is 0.538. The smallest absolute Gasteiger partial charge is 0.127 e. The van der Waals surface area contributed by atoms with Crippen LogP contribution in [0.15, 0.2) is 24.3 Å². The van der Waals surface area contributed by atoms with Crippen molar-refractivity contribution in [1.82, 2.24) is 0 Å². The molecule has 1 aromatic rings. The van der Waals surface area contributed by atoms with Gasteiger partial charge in [0.05, 0.1) is 6.61 Å². The second-order valence-corrected chi connectivity index (χ2v) is 4.45. The van der Waals surface area contributed by atoms with Crippen LogP contribution < -0.4 is 5.73 Å². The first-order chi connectivity index (χ1) is 7.78. The van der Waals surface area contributed by atoms with Crippen molar-refractivity contribution in [2.45, 2.75) is 24.7 Å². The van der Waals surface area contributed by atoms with Crippen molar-refractivity contribution < 1.29 is 9.13 Å². The number of nitrogens with two attached hydrogens (primary N) is 1. The van der Waals surface area contributed by atoms with Crippen LogP contribution in [0.2, 0.25) is 0 Å². The van der Waals surface area contributed by atoms with Crippen LogP contribution in [0.3, 0.4) is 0 Å². The minimum absolute atomic E-state index is 0.138. The minimum Gasteiger partial charge on any atom is -0.381 e. The third-order valence-electron chi connectivity index (χ3n) is 3.39. The summed E-state index contributed by atoms with van der Waals surface area (Å²) < 4.78 is 19.4. The second-order valence-electron chi connectivity index (χ2n) is 4.45. The Morgan fingerprint density at radius 1 is 1.38 bits per heavy atom. The average molecular weight is 223 g/mol. The van der Waals surface area contributed by atoms with Crippen LogP contribution in [0.5, 0.6) is 0 Å². The Labute approximate surface area is 95.6 Å². The number of halogens is 1. The standard InChI is InChI=1S/C13H18FNO/c14-12-5-2-1-4-11(12)13(7-8-15)6-3-9-16-10-13/h1-2,4-5H,3,6-10,15H2. The molecule has 1 aliphatic rings. The van der Waals surface area contributed by atoms with Gasteiger partial charge in [-0.2, -0.15) is 0 Å². The quantitative estimate of drug-likeness (QED) is 0.852. The average Bonchev–Trinajstić information content (AvgIpc) is 2.31. The first-order valence-electron chi connectivity index (χ1n) is 5.81. The molecule has 88 valence electrons. The molecule has 2 nitrogen and oxygen atoms in total. The summed E-state index contributed by atoms with van der Waals surface area (Å²) in [4.78, 5) is 0. The van der Waals surface area contributed by atoms with Crippen LogP contribution in [0.1, 0.15) is 24.8 Å². The van der Waals surface area contributed by atoms with Gasteiger partial charge in [-0.15, -0.1) is 0 Å². The molecule has 1 atom stereocenters. The highest BCUT2D eigenvalue weighted by Crippen LogP contribution is 2.37. The highest BCUT2D eigenvalue weighted by atomic mass is 19.1. The van der Waals surface area contributed by atoms with E-state index in [0.717, 1.165) is 31.4 Å². The molecule has 0 spiro atoms. The highest BCUT2D eigenvalue weighted by molar-refractivity contribution is 5.28. The molecule has 2 N–H and O–H groups in total. The Morgan fingerprint density at radius 2 is 2.19 bits per heavy atom. The number of benzene rings is 1.